The Labute approximate surface area is 311 Å². The van der Waals surface area contributed by atoms with Crippen LogP contribution in [0.5, 0.6) is 0 Å². The van der Waals surface area contributed by atoms with Crippen molar-refractivity contribution in [2.45, 2.75) is 238 Å². The van der Waals surface area contributed by atoms with Crippen LogP contribution in [-0.2, 0) is 19.1 Å². The van der Waals surface area contributed by atoms with Crippen LogP contribution in [0, 0.1) is 0 Å². The molecule has 0 amide bonds. The molecule has 0 saturated carbocycles. The Balaban J connectivity index is 3.52. The van der Waals surface area contributed by atoms with Crippen LogP contribution in [-0.4, -0.2) is 36.4 Å². The van der Waals surface area contributed by atoms with Crippen LogP contribution in [0.25, 0.3) is 0 Å². The Morgan fingerprint density at radius 2 is 0.740 bits per heavy atom. The van der Waals surface area contributed by atoms with Crippen molar-refractivity contribution in [3.8, 4) is 0 Å². The molecule has 0 aromatic rings. The molecule has 5 heteroatoms. The number of hydrogen-bond acceptors (Lipinski definition) is 5. The molecule has 0 heterocycles. The van der Waals surface area contributed by atoms with Crippen LogP contribution in [0.1, 0.15) is 232 Å². The predicted molar refractivity (Wildman–Crippen MR) is 215 cm³/mol. The van der Waals surface area contributed by atoms with E-state index in [1.165, 1.54) is 167 Å². The number of ether oxygens (including phenoxy) is 2. The molecular formula is C45H84O5. The molecule has 0 spiro atoms. The molecule has 50 heavy (non-hydrogen) atoms. The smallest absolute Gasteiger partial charge is 0.306 e. The van der Waals surface area contributed by atoms with Crippen LogP contribution >= 0.6 is 0 Å². The quantitative estimate of drug-likeness (QED) is 0.0390. The third-order valence-corrected chi connectivity index (χ3v) is 9.72. The highest BCUT2D eigenvalue weighted by molar-refractivity contribution is 5.70. The Bertz CT molecular complexity index is 761. The van der Waals surface area contributed by atoms with Crippen molar-refractivity contribution in [2.24, 2.45) is 0 Å². The molecular weight excluding hydrogens is 620 g/mol. The molecule has 1 atom stereocenters. The van der Waals surface area contributed by atoms with Gasteiger partial charge in [-0.3, -0.25) is 9.59 Å². The molecule has 0 aromatic carbocycles. The summed E-state index contributed by atoms with van der Waals surface area (Å²) in [6.07, 6.45) is 49.6. The summed E-state index contributed by atoms with van der Waals surface area (Å²) in [6, 6.07) is 0. The first-order valence-electron chi connectivity index (χ1n) is 21.9. The minimum atomic E-state index is -0.771. The van der Waals surface area contributed by atoms with Crippen molar-refractivity contribution < 1.29 is 24.2 Å². The summed E-state index contributed by atoms with van der Waals surface area (Å²) in [5.74, 6) is -0.590. The molecule has 0 bridgehead atoms. The molecule has 0 saturated heterocycles. The van der Waals surface area contributed by atoms with Crippen molar-refractivity contribution in [2.75, 3.05) is 13.2 Å². The van der Waals surface area contributed by atoms with Gasteiger partial charge >= 0.3 is 11.9 Å². The van der Waals surface area contributed by atoms with Crippen LogP contribution in [0.15, 0.2) is 24.3 Å². The third kappa shape index (κ3) is 39.2. The number of rotatable bonds is 40. The highest BCUT2D eigenvalue weighted by atomic mass is 16.6. The fourth-order valence-electron chi connectivity index (χ4n) is 6.37. The number of aliphatic hydroxyl groups excluding tert-OH is 1. The number of aliphatic hydroxyl groups is 1. The number of carbonyl (C=O) groups is 2. The van der Waals surface area contributed by atoms with Gasteiger partial charge in [0.15, 0.2) is 6.10 Å². The average Bonchev–Trinajstić information content (AvgIpc) is 3.12. The van der Waals surface area contributed by atoms with E-state index in [-0.39, 0.29) is 25.2 Å². The zero-order valence-corrected chi connectivity index (χ0v) is 33.4. The van der Waals surface area contributed by atoms with Gasteiger partial charge in [0.25, 0.3) is 0 Å². The number of hydrogen-bond donors (Lipinski definition) is 1. The number of carbonyl (C=O) groups excluding carboxylic acids is 2. The van der Waals surface area contributed by atoms with E-state index in [4.69, 9.17) is 9.47 Å². The fraction of sp³-hybridized carbons (Fsp3) is 0.867. The second kappa shape index (κ2) is 41.8. The van der Waals surface area contributed by atoms with Gasteiger partial charge < -0.3 is 14.6 Å². The van der Waals surface area contributed by atoms with Gasteiger partial charge in [0.1, 0.15) is 6.61 Å². The maximum absolute atomic E-state index is 12.2. The SMILES string of the molecule is CCCCCCCC/C=C/CCCCCCCCCCCC(=O)O[C@@H](CO)COC(=O)CCCCCCCCC/C=C/CCCCCCCC. The largest absolute Gasteiger partial charge is 0.462 e. The van der Waals surface area contributed by atoms with E-state index >= 15 is 0 Å². The Kier molecular flexibility index (Phi) is 40.4. The Hall–Kier alpha value is -1.62. The second-order valence-corrected chi connectivity index (χ2v) is 14.8. The van der Waals surface area contributed by atoms with Gasteiger partial charge in [0.05, 0.1) is 6.61 Å². The van der Waals surface area contributed by atoms with Gasteiger partial charge in [0.2, 0.25) is 0 Å². The predicted octanol–water partition coefficient (Wildman–Crippen LogP) is 13.8. The molecule has 1 N–H and O–H groups in total. The lowest BCUT2D eigenvalue weighted by molar-refractivity contribution is -0.161. The highest BCUT2D eigenvalue weighted by Gasteiger charge is 2.16. The molecule has 0 fully saturated rings. The molecule has 0 radical (unpaired) electrons. The van der Waals surface area contributed by atoms with Crippen molar-refractivity contribution >= 4 is 11.9 Å². The van der Waals surface area contributed by atoms with Crippen LogP contribution < -0.4 is 0 Å². The maximum atomic E-state index is 12.2. The summed E-state index contributed by atoms with van der Waals surface area (Å²) in [7, 11) is 0. The minimum absolute atomic E-state index is 0.0655. The summed E-state index contributed by atoms with van der Waals surface area (Å²) >= 11 is 0. The zero-order valence-electron chi connectivity index (χ0n) is 33.4. The number of unbranched alkanes of at least 4 members (excludes halogenated alkanes) is 28. The Morgan fingerprint density at radius 3 is 1.08 bits per heavy atom. The van der Waals surface area contributed by atoms with Crippen molar-refractivity contribution in [1.82, 2.24) is 0 Å². The molecule has 5 nitrogen and oxygen atoms in total. The van der Waals surface area contributed by atoms with E-state index in [1.54, 1.807) is 0 Å². The molecule has 0 aliphatic carbocycles. The number of esters is 2. The first kappa shape index (κ1) is 48.4. The van der Waals surface area contributed by atoms with E-state index in [1.807, 2.05) is 0 Å². The van der Waals surface area contributed by atoms with E-state index in [0.29, 0.717) is 12.8 Å². The number of allylic oxidation sites excluding steroid dienone is 4. The highest BCUT2D eigenvalue weighted by Crippen LogP contribution is 2.14. The summed E-state index contributed by atoms with van der Waals surface area (Å²) < 4.78 is 10.6. The fourth-order valence-corrected chi connectivity index (χ4v) is 6.37. The molecule has 0 aliphatic rings. The first-order valence-corrected chi connectivity index (χ1v) is 21.9. The Morgan fingerprint density at radius 1 is 0.440 bits per heavy atom. The lowest BCUT2D eigenvalue weighted by Crippen LogP contribution is -2.28. The van der Waals surface area contributed by atoms with Crippen LogP contribution in [0.2, 0.25) is 0 Å². The lowest BCUT2D eigenvalue weighted by Gasteiger charge is -2.15. The van der Waals surface area contributed by atoms with E-state index in [9.17, 15) is 14.7 Å². The second-order valence-electron chi connectivity index (χ2n) is 14.8. The average molecular weight is 705 g/mol. The standard InChI is InChI=1S/C45H84O5/c1-3-5-7-9-11-13-15-17-19-21-22-24-26-28-30-32-34-36-38-40-45(48)50-43(41-46)42-49-44(47)39-37-35-33-31-29-27-25-23-20-18-16-14-12-10-8-6-4-2/h17-20,43,46H,3-16,21-42H2,1-2H3/b19-17+,20-18+/t43-/m0/s1. The van der Waals surface area contributed by atoms with E-state index in [0.717, 1.165) is 38.5 Å². The van der Waals surface area contributed by atoms with Gasteiger partial charge in [-0.25, -0.2) is 0 Å². The van der Waals surface area contributed by atoms with Crippen LogP contribution in [0.3, 0.4) is 0 Å². The summed E-state index contributed by atoms with van der Waals surface area (Å²) in [6.45, 7) is 4.14. The van der Waals surface area contributed by atoms with E-state index in [2.05, 4.69) is 38.2 Å². The summed E-state index contributed by atoms with van der Waals surface area (Å²) in [4.78, 5) is 24.3. The topological polar surface area (TPSA) is 72.8 Å². The third-order valence-electron chi connectivity index (χ3n) is 9.72. The molecule has 294 valence electrons. The first-order chi connectivity index (χ1) is 24.6. The van der Waals surface area contributed by atoms with Gasteiger partial charge in [-0.15, -0.1) is 0 Å². The minimum Gasteiger partial charge on any atom is -0.462 e. The van der Waals surface area contributed by atoms with Crippen molar-refractivity contribution in [1.29, 1.82) is 0 Å². The molecule has 0 rings (SSSR count). The maximum Gasteiger partial charge on any atom is 0.306 e. The van der Waals surface area contributed by atoms with Gasteiger partial charge in [0, 0.05) is 12.8 Å². The zero-order chi connectivity index (χ0) is 36.4. The normalized spacial score (nSPS) is 12.3. The molecule has 0 unspecified atom stereocenters. The summed E-state index contributed by atoms with van der Waals surface area (Å²) in [5, 5.41) is 9.58. The molecule has 0 aromatic heterocycles. The monoisotopic (exact) mass is 705 g/mol. The molecule has 0 aliphatic heterocycles. The van der Waals surface area contributed by atoms with Gasteiger partial charge in [-0.2, -0.15) is 0 Å². The van der Waals surface area contributed by atoms with Crippen molar-refractivity contribution in [3.05, 3.63) is 24.3 Å². The van der Waals surface area contributed by atoms with Crippen LogP contribution in [0.4, 0.5) is 0 Å². The van der Waals surface area contributed by atoms with Gasteiger partial charge in [-0.05, 0) is 64.2 Å². The lowest BCUT2D eigenvalue weighted by atomic mass is 10.1. The van der Waals surface area contributed by atoms with Crippen molar-refractivity contribution in [3.63, 3.8) is 0 Å². The summed E-state index contributed by atoms with van der Waals surface area (Å²) in [5.41, 5.74) is 0. The van der Waals surface area contributed by atoms with Gasteiger partial charge in [-0.1, -0.05) is 179 Å². The van der Waals surface area contributed by atoms with E-state index < -0.39 is 6.10 Å².